The first kappa shape index (κ1) is 15.7. The smallest absolute Gasteiger partial charge is 0.247 e. The van der Waals surface area contributed by atoms with Gasteiger partial charge in [0.2, 0.25) is 5.91 Å². The van der Waals surface area contributed by atoms with Gasteiger partial charge in [-0.3, -0.25) is 9.63 Å². The summed E-state index contributed by atoms with van der Waals surface area (Å²) in [5.41, 5.74) is 4.46. The van der Waals surface area contributed by atoms with Gasteiger partial charge < -0.3 is 0 Å². The van der Waals surface area contributed by atoms with Crippen molar-refractivity contribution in [3.05, 3.63) is 35.4 Å². The van der Waals surface area contributed by atoms with Crippen molar-refractivity contribution >= 4 is 5.91 Å². The normalized spacial score (nSPS) is 11.4. The average molecular weight is 263 g/mol. The molecule has 0 atom stereocenters. The summed E-state index contributed by atoms with van der Waals surface area (Å²) < 4.78 is 0. The lowest BCUT2D eigenvalue weighted by atomic mass is 10.0. The van der Waals surface area contributed by atoms with Crippen LogP contribution in [-0.2, 0) is 22.5 Å². The fraction of sp³-hybridized carbons (Fsp3) is 0.562. The summed E-state index contributed by atoms with van der Waals surface area (Å²) >= 11 is 0. The number of rotatable bonds is 6. The lowest BCUT2D eigenvalue weighted by Gasteiger charge is -2.18. The van der Waals surface area contributed by atoms with Gasteiger partial charge >= 0.3 is 0 Å². The summed E-state index contributed by atoms with van der Waals surface area (Å²) in [6.07, 6.45) is 3.87. The second-order valence-corrected chi connectivity index (χ2v) is 5.84. The molecule has 3 nitrogen and oxygen atoms in total. The first-order chi connectivity index (χ1) is 8.90. The fourth-order valence-electron chi connectivity index (χ4n) is 1.64. The van der Waals surface area contributed by atoms with E-state index in [2.05, 4.69) is 24.5 Å². The number of hydrogen-bond donors (Lipinski definition) is 1. The van der Waals surface area contributed by atoms with E-state index in [0.29, 0.717) is 6.42 Å². The number of unbranched alkanes of at least 4 members (excludes halogenated alkanes) is 1. The van der Waals surface area contributed by atoms with Crippen LogP contribution in [0.5, 0.6) is 0 Å². The molecule has 0 aliphatic heterocycles. The molecule has 0 saturated carbocycles. The summed E-state index contributed by atoms with van der Waals surface area (Å²) in [4.78, 5) is 16.9. The first-order valence-corrected chi connectivity index (χ1v) is 6.95. The summed E-state index contributed by atoms with van der Waals surface area (Å²) in [7, 11) is 0. The average Bonchev–Trinajstić information content (AvgIpc) is 2.35. The number of aryl methyl sites for hydroxylation is 1. The zero-order chi connectivity index (χ0) is 14.3. The third-order valence-electron chi connectivity index (χ3n) is 2.68. The molecule has 0 fully saturated rings. The molecule has 0 saturated heterocycles. The molecule has 3 heteroatoms. The van der Waals surface area contributed by atoms with E-state index >= 15 is 0 Å². The Hall–Kier alpha value is -1.35. The maximum Gasteiger partial charge on any atom is 0.247 e. The van der Waals surface area contributed by atoms with Crippen LogP contribution in [0.1, 0.15) is 51.7 Å². The number of carbonyl (C=O) groups excluding carboxylic acids is 1. The van der Waals surface area contributed by atoms with Gasteiger partial charge in [-0.1, -0.05) is 37.6 Å². The summed E-state index contributed by atoms with van der Waals surface area (Å²) in [5.74, 6) is -0.115. The molecular formula is C16H25NO2. The predicted molar refractivity (Wildman–Crippen MR) is 77.7 cm³/mol. The SMILES string of the molecule is CCCCc1ccc(CC(=O)NOC(C)(C)C)cc1. The van der Waals surface area contributed by atoms with Crippen LogP contribution in [0.4, 0.5) is 0 Å². The molecule has 1 amide bonds. The van der Waals surface area contributed by atoms with Crippen molar-refractivity contribution in [2.75, 3.05) is 0 Å². The van der Waals surface area contributed by atoms with Crippen LogP contribution in [0.15, 0.2) is 24.3 Å². The van der Waals surface area contributed by atoms with Crippen LogP contribution in [-0.4, -0.2) is 11.5 Å². The molecule has 0 unspecified atom stereocenters. The van der Waals surface area contributed by atoms with Gasteiger partial charge in [-0.05, 0) is 44.7 Å². The van der Waals surface area contributed by atoms with Gasteiger partial charge in [0.25, 0.3) is 0 Å². The van der Waals surface area contributed by atoms with E-state index in [0.717, 1.165) is 12.0 Å². The van der Waals surface area contributed by atoms with E-state index in [4.69, 9.17) is 4.84 Å². The number of hydroxylamine groups is 1. The van der Waals surface area contributed by atoms with Gasteiger partial charge in [0.05, 0.1) is 12.0 Å². The van der Waals surface area contributed by atoms with Crippen molar-refractivity contribution in [1.82, 2.24) is 5.48 Å². The maximum atomic E-state index is 11.7. The molecule has 0 aliphatic rings. The van der Waals surface area contributed by atoms with Crippen molar-refractivity contribution < 1.29 is 9.63 Å². The Balaban J connectivity index is 2.42. The molecule has 0 heterocycles. The van der Waals surface area contributed by atoms with Crippen LogP contribution >= 0.6 is 0 Å². The Morgan fingerprint density at radius 1 is 1.16 bits per heavy atom. The second-order valence-electron chi connectivity index (χ2n) is 5.84. The van der Waals surface area contributed by atoms with E-state index < -0.39 is 0 Å². The Morgan fingerprint density at radius 3 is 2.26 bits per heavy atom. The van der Waals surface area contributed by atoms with Gasteiger partial charge in [0.1, 0.15) is 0 Å². The third-order valence-corrected chi connectivity index (χ3v) is 2.68. The van der Waals surface area contributed by atoms with Crippen molar-refractivity contribution in [2.45, 2.75) is 59.0 Å². The topological polar surface area (TPSA) is 38.3 Å². The molecule has 0 aromatic heterocycles. The van der Waals surface area contributed by atoms with Crippen molar-refractivity contribution in [2.24, 2.45) is 0 Å². The molecule has 0 spiro atoms. The lowest BCUT2D eigenvalue weighted by molar-refractivity contribution is -0.144. The molecule has 0 bridgehead atoms. The van der Waals surface area contributed by atoms with Crippen LogP contribution in [0.3, 0.4) is 0 Å². The van der Waals surface area contributed by atoms with Crippen molar-refractivity contribution in [3.8, 4) is 0 Å². The quantitative estimate of drug-likeness (QED) is 0.799. The van der Waals surface area contributed by atoms with Gasteiger partial charge in [0, 0.05) is 0 Å². The molecule has 19 heavy (non-hydrogen) atoms. The van der Waals surface area contributed by atoms with Gasteiger partial charge in [-0.15, -0.1) is 0 Å². The van der Waals surface area contributed by atoms with Crippen LogP contribution < -0.4 is 5.48 Å². The molecule has 0 aliphatic carbocycles. The highest BCUT2D eigenvalue weighted by Gasteiger charge is 2.12. The van der Waals surface area contributed by atoms with Crippen molar-refractivity contribution in [3.63, 3.8) is 0 Å². The van der Waals surface area contributed by atoms with E-state index in [-0.39, 0.29) is 11.5 Å². The molecule has 0 radical (unpaired) electrons. The van der Waals surface area contributed by atoms with Crippen LogP contribution in [0.2, 0.25) is 0 Å². The lowest BCUT2D eigenvalue weighted by Crippen LogP contribution is -2.34. The number of carbonyl (C=O) groups is 1. The summed E-state index contributed by atoms with van der Waals surface area (Å²) in [6, 6.07) is 8.23. The largest absolute Gasteiger partial charge is 0.272 e. The van der Waals surface area contributed by atoms with E-state index in [9.17, 15) is 4.79 Å². The minimum atomic E-state index is -0.361. The van der Waals surface area contributed by atoms with Gasteiger partial charge in [-0.25, -0.2) is 5.48 Å². The number of benzene rings is 1. The highest BCUT2D eigenvalue weighted by atomic mass is 16.7. The molecule has 1 aromatic rings. The van der Waals surface area contributed by atoms with E-state index in [1.165, 1.54) is 18.4 Å². The van der Waals surface area contributed by atoms with E-state index in [1.54, 1.807) is 0 Å². The second kappa shape index (κ2) is 7.29. The Kier molecular flexibility index (Phi) is 6.03. The van der Waals surface area contributed by atoms with Crippen LogP contribution in [0, 0.1) is 0 Å². The van der Waals surface area contributed by atoms with Gasteiger partial charge in [0.15, 0.2) is 0 Å². The van der Waals surface area contributed by atoms with E-state index in [1.807, 2.05) is 32.9 Å². The Labute approximate surface area is 116 Å². The highest BCUT2D eigenvalue weighted by molar-refractivity contribution is 5.77. The number of hydrogen-bond acceptors (Lipinski definition) is 2. The molecule has 1 rings (SSSR count). The number of amides is 1. The first-order valence-electron chi connectivity index (χ1n) is 6.95. The van der Waals surface area contributed by atoms with Gasteiger partial charge in [-0.2, -0.15) is 0 Å². The Morgan fingerprint density at radius 2 is 1.74 bits per heavy atom. The Bertz CT molecular complexity index is 390. The standard InChI is InChI=1S/C16H25NO2/c1-5-6-7-13-8-10-14(11-9-13)12-15(18)17-19-16(2,3)4/h8-11H,5-7,12H2,1-4H3,(H,17,18). The van der Waals surface area contributed by atoms with Crippen LogP contribution in [0.25, 0.3) is 0 Å². The van der Waals surface area contributed by atoms with Crippen molar-refractivity contribution in [1.29, 1.82) is 0 Å². The zero-order valence-corrected chi connectivity index (χ0v) is 12.5. The molecule has 1 aromatic carbocycles. The summed E-state index contributed by atoms with van der Waals surface area (Å²) in [6.45, 7) is 7.88. The third kappa shape index (κ3) is 6.97. The highest BCUT2D eigenvalue weighted by Crippen LogP contribution is 2.09. The fourth-order valence-corrected chi connectivity index (χ4v) is 1.64. The minimum Gasteiger partial charge on any atom is -0.272 e. The maximum absolute atomic E-state index is 11.7. The predicted octanol–water partition coefficient (Wildman–Crippen LogP) is 3.42. The molecular weight excluding hydrogens is 238 g/mol. The number of nitrogens with one attached hydrogen (secondary N) is 1. The zero-order valence-electron chi connectivity index (χ0n) is 12.5. The molecule has 106 valence electrons. The summed E-state index contributed by atoms with van der Waals surface area (Å²) in [5, 5.41) is 0. The monoisotopic (exact) mass is 263 g/mol. The molecule has 1 N–H and O–H groups in total. The minimum absolute atomic E-state index is 0.115.